The van der Waals surface area contributed by atoms with Crippen LogP contribution in [-0.2, 0) is 14.4 Å². The molecule has 0 bridgehead atoms. The van der Waals surface area contributed by atoms with E-state index in [0.29, 0.717) is 4.90 Å². The maximum Gasteiger partial charge on any atom is 0.318 e. The highest BCUT2D eigenvalue weighted by molar-refractivity contribution is 6.41. The molecule has 1 rings (SSSR count). The number of amides is 3. The molecule has 0 fully saturated rings. The zero-order chi connectivity index (χ0) is 16.0. The fraction of sp³-hybridized carbons (Fsp3) is 0.250. The molecule has 0 aliphatic heterocycles. The van der Waals surface area contributed by atoms with E-state index in [1.54, 1.807) is 0 Å². The van der Waals surface area contributed by atoms with Crippen molar-refractivity contribution in [2.75, 3.05) is 18.4 Å². The first kappa shape index (κ1) is 16.2. The second-order valence-electron chi connectivity index (χ2n) is 3.99. The Bertz CT molecular complexity index is 587. The van der Waals surface area contributed by atoms with Crippen LogP contribution in [0.4, 0.5) is 11.4 Å². The van der Waals surface area contributed by atoms with Gasteiger partial charge in [0, 0.05) is 26.1 Å². The van der Waals surface area contributed by atoms with Gasteiger partial charge in [-0.05, 0) is 6.07 Å². The topological polar surface area (TPSA) is 136 Å². The van der Waals surface area contributed by atoms with Gasteiger partial charge in [0.25, 0.3) is 5.69 Å². The third kappa shape index (κ3) is 4.08. The molecule has 21 heavy (non-hydrogen) atoms. The van der Waals surface area contributed by atoms with E-state index in [1.165, 1.54) is 24.3 Å². The van der Waals surface area contributed by atoms with Gasteiger partial charge >= 0.3 is 11.8 Å². The van der Waals surface area contributed by atoms with Gasteiger partial charge in [0.05, 0.1) is 4.92 Å². The number of hydrogen-bond acceptors (Lipinski definition) is 6. The van der Waals surface area contributed by atoms with Crippen LogP contribution in [-0.4, -0.2) is 40.6 Å². The molecule has 9 nitrogen and oxygen atoms in total. The Morgan fingerprint density at radius 2 is 1.95 bits per heavy atom. The van der Waals surface area contributed by atoms with Crippen molar-refractivity contribution in [1.82, 2.24) is 4.90 Å². The molecule has 0 aliphatic carbocycles. The fourth-order valence-electron chi connectivity index (χ4n) is 1.57. The van der Waals surface area contributed by atoms with Crippen molar-refractivity contribution < 1.29 is 19.3 Å². The van der Waals surface area contributed by atoms with Crippen molar-refractivity contribution in [3.8, 4) is 0 Å². The zero-order valence-corrected chi connectivity index (χ0v) is 11.2. The summed E-state index contributed by atoms with van der Waals surface area (Å²) in [7, 11) is 0. The minimum atomic E-state index is -1.15. The quantitative estimate of drug-likeness (QED) is 0.451. The number of benzene rings is 1. The Hall–Kier alpha value is -2.81. The molecule has 3 N–H and O–H groups in total. The van der Waals surface area contributed by atoms with Crippen molar-refractivity contribution in [1.29, 1.82) is 0 Å². The number of nitrogens with two attached hydrogens (primary N) is 1. The predicted molar refractivity (Wildman–Crippen MR) is 73.2 cm³/mol. The molecule has 0 atom stereocenters. The summed E-state index contributed by atoms with van der Waals surface area (Å²) in [6, 6.07) is 5.36. The van der Waals surface area contributed by atoms with E-state index < -0.39 is 22.6 Å². The summed E-state index contributed by atoms with van der Waals surface area (Å²) in [5.74, 6) is -2.90. The van der Waals surface area contributed by atoms with E-state index in [0.717, 1.165) is 6.92 Å². The van der Waals surface area contributed by atoms with Crippen molar-refractivity contribution in [2.24, 2.45) is 5.73 Å². The number of anilines is 1. The monoisotopic (exact) mass is 294 g/mol. The summed E-state index contributed by atoms with van der Waals surface area (Å²) in [4.78, 5) is 45.7. The lowest BCUT2D eigenvalue weighted by atomic mass is 10.2. The van der Waals surface area contributed by atoms with Crippen LogP contribution in [0, 0.1) is 10.1 Å². The zero-order valence-electron chi connectivity index (χ0n) is 11.2. The number of hydrogen-bond donors (Lipinski definition) is 2. The average molecular weight is 294 g/mol. The molecule has 0 unspecified atom stereocenters. The number of imide groups is 1. The van der Waals surface area contributed by atoms with Crippen LogP contribution in [0.15, 0.2) is 24.3 Å². The summed E-state index contributed by atoms with van der Waals surface area (Å²) < 4.78 is 0. The van der Waals surface area contributed by atoms with E-state index in [1.807, 2.05) is 0 Å². The molecule has 0 heterocycles. The van der Waals surface area contributed by atoms with Crippen LogP contribution in [0.3, 0.4) is 0 Å². The third-order valence-corrected chi connectivity index (χ3v) is 2.52. The average Bonchev–Trinajstić information content (AvgIpc) is 2.44. The molecule has 0 radical (unpaired) electrons. The summed E-state index contributed by atoms with van der Waals surface area (Å²) in [6.45, 7) is 1.01. The van der Waals surface area contributed by atoms with Gasteiger partial charge in [-0.3, -0.25) is 29.4 Å². The molecular formula is C12H14N4O5. The van der Waals surface area contributed by atoms with Gasteiger partial charge in [-0.1, -0.05) is 12.1 Å². The lowest BCUT2D eigenvalue weighted by Gasteiger charge is -2.17. The van der Waals surface area contributed by atoms with Crippen LogP contribution < -0.4 is 11.1 Å². The summed E-state index contributed by atoms with van der Waals surface area (Å²) in [6.07, 6.45) is 0. The Kier molecular flexibility index (Phi) is 5.49. The van der Waals surface area contributed by atoms with Crippen LogP contribution in [0.1, 0.15) is 6.92 Å². The number of nitrogens with one attached hydrogen (secondary N) is 1. The van der Waals surface area contributed by atoms with E-state index >= 15 is 0 Å². The van der Waals surface area contributed by atoms with Crippen LogP contribution in [0.2, 0.25) is 0 Å². The number of carbonyl (C=O) groups excluding carboxylic acids is 3. The highest BCUT2D eigenvalue weighted by Gasteiger charge is 2.26. The predicted octanol–water partition coefficient (Wildman–Crippen LogP) is -0.133. The molecule has 0 saturated heterocycles. The van der Waals surface area contributed by atoms with Gasteiger partial charge in [0.1, 0.15) is 5.69 Å². The summed E-state index contributed by atoms with van der Waals surface area (Å²) >= 11 is 0. The first-order valence-corrected chi connectivity index (χ1v) is 5.95. The first-order valence-electron chi connectivity index (χ1n) is 5.95. The Morgan fingerprint density at radius 1 is 1.33 bits per heavy atom. The normalized spacial score (nSPS) is 9.81. The molecule has 1 aromatic carbocycles. The Labute approximate surface area is 119 Å². The number of nitro benzene ring substituents is 1. The number of carbonyl (C=O) groups is 3. The Morgan fingerprint density at radius 3 is 2.48 bits per heavy atom. The molecule has 3 amide bonds. The van der Waals surface area contributed by atoms with Gasteiger partial charge < -0.3 is 11.1 Å². The van der Waals surface area contributed by atoms with E-state index in [9.17, 15) is 24.5 Å². The van der Waals surface area contributed by atoms with Crippen LogP contribution >= 0.6 is 0 Å². The van der Waals surface area contributed by atoms with E-state index in [2.05, 4.69) is 5.32 Å². The van der Waals surface area contributed by atoms with Crippen molar-refractivity contribution in [3.05, 3.63) is 34.4 Å². The van der Waals surface area contributed by atoms with E-state index in [4.69, 9.17) is 5.73 Å². The van der Waals surface area contributed by atoms with Crippen molar-refractivity contribution >= 4 is 29.1 Å². The van der Waals surface area contributed by atoms with E-state index in [-0.39, 0.29) is 24.5 Å². The standard InChI is InChI=1S/C12H14N4O5/c1-8(17)15(7-6-13)12(19)11(18)14-9-4-2-3-5-10(9)16(20)21/h2-5H,6-7,13H2,1H3,(H,14,18). The first-order chi connectivity index (χ1) is 9.88. The lowest BCUT2D eigenvalue weighted by molar-refractivity contribution is -0.383. The largest absolute Gasteiger partial charge is 0.329 e. The number of nitro groups is 1. The smallest absolute Gasteiger partial charge is 0.318 e. The van der Waals surface area contributed by atoms with Crippen molar-refractivity contribution in [2.45, 2.75) is 6.92 Å². The molecule has 0 aliphatic rings. The second-order valence-corrected chi connectivity index (χ2v) is 3.99. The SMILES string of the molecule is CC(=O)N(CCN)C(=O)C(=O)Nc1ccccc1[N+](=O)[O-]. The molecule has 0 aromatic heterocycles. The number of para-hydroxylation sites is 2. The summed E-state index contributed by atoms with van der Waals surface area (Å²) in [5, 5.41) is 12.9. The van der Waals surface area contributed by atoms with Crippen LogP contribution in [0.25, 0.3) is 0 Å². The Balaban J connectivity index is 2.93. The molecule has 9 heteroatoms. The molecule has 1 aromatic rings. The maximum absolute atomic E-state index is 11.8. The highest BCUT2D eigenvalue weighted by atomic mass is 16.6. The fourth-order valence-corrected chi connectivity index (χ4v) is 1.57. The number of nitrogens with zero attached hydrogens (tertiary/aromatic N) is 2. The summed E-state index contributed by atoms with van der Waals surface area (Å²) in [5.41, 5.74) is 4.77. The van der Waals surface area contributed by atoms with Gasteiger partial charge in [-0.15, -0.1) is 0 Å². The van der Waals surface area contributed by atoms with Gasteiger partial charge in [0.15, 0.2) is 0 Å². The molecular weight excluding hydrogens is 280 g/mol. The lowest BCUT2D eigenvalue weighted by Crippen LogP contribution is -2.44. The highest BCUT2D eigenvalue weighted by Crippen LogP contribution is 2.23. The van der Waals surface area contributed by atoms with Gasteiger partial charge in [-0.2, -0.15) is 0 Å². The van der Waals surface area contributed by atoms with Gasteiger partial charge in [-0.25, -0.2) is 0 Å². The minimum Gasteiger partial charge on any atom is -0.329 e. The minimum absolute atomic E-state index is 0.00405. The van der Waals surface area contributed by atoms with Crippen molar-refractivity contribution in [3.63, 3.8) is 0 Å². The molecule has 112 valence electrons. The number of rotatable bonds is 4. The van der Waals surface area contributed by atoms with Crippen LogP contribution in [0.5, 0.6) is 0 Å². The second kappa shape index (κ2) is 7.10. The molecule has 0 spiro atoms. The maximum atomic E-state index is 11.8. The molecule has 0 saturated carbocycles. The third-order valence-electron chi connectivity index (χ3n) is 2.52. The van der Waals surface area contributed by atoms with Gasteiger partial charge in [0.2, 0.25) is 5.91 Å².